The number of benzene rings is 1. The van der Waals surface area contributed by atoms with Crippen LogP contribution in [0.5, 0.6) is 0 Å². The predicted octanol–water partition coefficient (Wildman–Crippen LogP) is 6.67. The zero-order valence-electron chi connectivity index (χ0n) is 30.6. The van der Waals surface area contributed by atoms with Crippen molar-refractivity contribution >= 4 is 11.9 Å². The van der Waals surface area contributed by atoms with Gasteiger partial charge in [-0.05, 0) is 129 Å². The highest BCUT2D eigenvalue weighted by Crippen LogP contribution is 2.87. The molecule has 2 spiro atoms. The molecule has 1 amide bonds. The first-order chi connectivity index (χ1) is 23.2. The van der Waals surface area contributed by atoms with Crippen LogP contribution in [0.2, 0.25) is 0 Å². The normalized spacial score (nSPS) is 44.5. The van der Waals surface area contributed by atoms with Gasteiger partial charge in [-0.2, -0.15) is 0 Å². The molecule has 8 nitrogen and oxygen atoms in total. The summed E-state index contributed by atoms with van der Waals surface area (Å²) < 4.78 is 25.3. The molecule has 7 fully saturated rings. The molecule has 10 unspecified atom stereocenters. The van der Waals surface area contributed by atoms with Gasteiger partial charge in [0, 0.05) is 20.0 Å². The number of ether oxygens (including phenoxy) is 4. The fourth-order valence-corrected chi connectivity index (χ4v) is 13.4. The number of nitrogens with zero attached hydrogens (tertiary/aromatic N) is 1. The number of hydrogen-bond donors (Lipinski definition) is 1. The third-order valence-electron chi connectivity index (χ3n) is 15.5. The molecule has 7 aliphatic rings. The van der Waals surface area contributed by atoms with E-state index in [0.29, 0.717) is 48.3 Å². The summed E-state index contributed by atoms with van der Waals surface area (Å²) in [7, 11) is 0. The third kappa shape index (κ3) is 5.27. The summed E-state index contributed by atoms with van der Waals surface area (Å²) in [5.41, 5.74) is 0.982. The standard InChI is InChI=1S/C41H59NO7/c1-25(43)47-34(38(4,5)45)30-14-12-28-31(48-30)22-29-27-13-15-32-37(2,3)33(16-17-41(32)24-40(27,41)19-18-39(28,29)6)49-36-35(44)42(20-21-46-36)23-26-10-8-7-9-11-26/h7-11,27-34,36,45H,12-24H2,1-6H3/t27?,28?,29?,30?,31?,32?,33-,34-,36?,39?,40?,41?/m0/s1. The summed E-state index contributed by atoms with van der Waals surface area (Å²) in [4.78, 5) is 27.5. The van der Waals surface area contributed by atoms with E-state index in [9.17, 15) is 14.7 Å². The monoisotopic (exact) mass is 677 g/mol. The summed E-state index contributed by atoms with van der Waals surface area (Å²) in [5.74, 6) is 2.06. The zero-order chi connectivity index (χ0) is 34.6. The number of hydrogen-bond acceptors (Lipinski definition) is 7. The number of carbonyl (C=O) groups is 2. The molecule has 5 aliphatic carbocycles. The lowest BCUT2D eigenvalue weighted by Gasteiger charge is -2.60. The van der Waals surface area contributed by atoms with Crippen molar-refractivity contribution in [1.29, 1.82) is 0 Å². The summed E-state index contributed by atoms with van der Waals surface area (Å²) >= 11 is 0. The number of fused-ring (bicyclic) bond motifs is 4. The Kier molecular flexibility index (Phi) is 8.19. The van der Waals surface area contributed by atoms with E-state index in [1.165, 1.54) is 45.4 Å². The van der Waals surface area contributed by atoms with Gasteiger partial charge < -0.3 is 29.0 Å². The number of amides is 1. The van der Waals surface area contributed by atoms with Gasteiger partial charge in [-0.15, -0.1) is 0 Å². The lowest BCUT2D eigenvalue weighted by atomic mass is 9.46. The minimum atomic E-state index is -1.16. The summed E-state index contributed by atoms with van der Waals surface area (Å²) in [5, 5.41) is 10.9. The van der Waals surface area contributed by atoms with Crippen molar-refractivity contribution < 1.29 is 33.6 Å². The minimum absolute atomic E-state index is 0.00238. The van der Waals surface area contributed by atoms with E-state index in [-0.39, 0.29) is 41.0 Å². The van der Waals surface area contributed by atoms with E-state index in [2.05, 4.69) is 32.9 Å². The SMILES string of the molecule is CC(=O)O[C@@H](C1CCC2C(CC3C4CCC5C(C)(C)[C@@H](OC6OCCN(Cc7ccccc7)C6=O)CCC56CC46CCC23C)O1)C(C)(C)O. The summed E-state index contributed by atoms with van der Waals surface area (Å²) in [6.07, 6.45) is 9.94. The van der Waals surface area contributed by atoms with Crippen molar-refractivity contribution in [2.24, 2.45) is 45.3 Å². The molecule has 1 N–H and O–H groups in total. The van der Waals surface area contributed by atoms with Crippen LogP contribution in [0.25, 0.3) is 0 Å². The van der Waals surface area contributed by atoms with Crippen molar-refractivity contribution in [2.45, 2.75) is 149 Å². The molecule has 8 rings (SSSR count). The first-order valence-corrected chi connectivity index (χ1v) is 19.3. The molecule has 49 heavy (non-hydrogen) atoms. The Morgan fingerprint density at radius 3 is 2.49 bits per heavy atom. The highest BCUT2D eigenvalue weighted by Gasteiger charge is 2.80. The molecule has 12 atom stereocenters. The molecule has 1 aromatic rings. The smallest absolute Gasteiger partial charge is 0.303 e. The maximum Gasteiger partial charge on any atom is 0.303 e. The van der Waals surface area contributed by atoms with E-state index < -0.39 is 18.0 Å². The van der Waals surface area contributed by atoms with Crippen LogP contribution in [0, 0.1) is 45.3 Å². The Bertz CT molecular complexity index is 1440. The molecule has 0 aromatic heterocycles. The van der Waals surface area contributed by atoms with Gasteiger partial charge in [0.05, 0.1) is 30.5 Å². The number of aliphatic hydroxyl groups is 1. The molecular formula is C41H59NO7. The van der Waals surface area contributed by atoms with E-state index in [1.807, 2.05) is 23.1 Å². The molecule has 2 heterocycles. The predicted molar refractivity (Wildman–Crippen MR) is 184 cm³/mol. The van der Waals surface area contributed by atoms with Crippen molar-refractivity contribution in [1.82, 2.24) is 4.90 Å². The van der Waals surface area contributed by atoms with E-state index in [4.69, 9.17) is 18.9 Å². The Morgan fingerprint density at radius 1 is 1.00 bits per heavy atom. The molecule has 1 aromatic carbocycles. The van der Waals surface area contributed by atoms with E-state index in [0.717, 1.165) is 37.2 Å². The molecule has 8 heteroatoms. The minimum Gasteiger partial charge on any atom is -0.457 e. The van der Waals surface area contributed by atoms with Gasteiger partial charge in [-0.3, -0.25) is 9.59 Å². The zero-order valence-corrected chi connectivity index (χ0v) is 30.6. The highest BCUT2D eigenvalue weighted by atomic mass is 16.7. The molecule has 0 bridgehead atoms. The average Bonchev–Trinajstić information content (AvgIpc) is 3.62. The van der Waals surface area contributed by atoms with Crippen molar-refractivity contribution in [3.8, 4) is 0 Å². The largest absolute Gasteiger partial charge is 0.457 e. The van der Waals surface area contributed by atoms with Crippen LogP contribution in [0.15, 0.2) is 30.3 Å². The van der Waals surface area contributed by atoms with Gasteiger partial charge >= 0.3 is 5.97 Å². The Hall–Kier alpha value is -2.00. The van der Waals surface area contributed by atoms with Gasteiger partial charge in [0.15, 0.2) is 6.10 Å². The second-order valence-electron chi connectivity index (χ2n) is 18.6. The number of rotatable bonds is 7. The second-order valence-corrected chi connectivity index (χ2v) is 18.6. The summed E-state index contributed by atoms with van der Waals surface area (Å²) in [6, 6.07) is 10.2. The van der Waals surface area contributed by atoms with Crippen molar-refractivity contribution in [3.63, 3.8) is 0 Å². The van der Waals surface area contributed by atoms with Crippen LogP contribution in [-0.2, 0) is 35.1 Å². The Balaban J connectivity index is 0.958. The summed E-state index contributed by atoms with van der Waals surface area (Å²) in [6.45, 7) is 13.9. The maximum atomic E-state index is 13.6. The first-order valence-electron chi connectivity index (χ1n) is 19.3. The Labute approximate surface area is 292 Å². The number of morpholine rings is 1. The fraction of sp³-hybridized carbons (Fsp3) is 0.805. The van der Waals surface area contributed by atoms with Crippen molar-refractivity contribution in [3.05, 3.63) is 35.9 Å². The Morgan fingerprint density at radius 2 is 1.76 bits per heavy atom. The average molecular weight is 678 g/mol. The van der Waals surface area contributed by atoms with Gasteiger partial charge in [0.25, 0.3) is 5.91 Å². The van der Waals surface area contributed by atoms with Crippen molar-refractivity contribution in [2.75, 3.05) is 13.2 Å². The van der Waals surface area contributed by atoms with E-state index >= 15 is 0 Å². The van der Waals surface area contributed by atoms with Crippen LogP contribution < -0.4 is 0 Å². The first kappa shape index (κ1) is 34.1. The number of carbonyl (C=O) groups excluding carboxylic acids is 2. The lowest BCUT2D eigenvalue weighted by molar-refractivity contribution is -0.240. The lowest BCUT2D eigenvalue weighted by Crippen LogP contribution is -2.57. The molecule has 2 aliphatic heterocycles. The quantitative estimate of drug-likeness (QED) is 0.323. The van der Waals surface area contributed by atoms with Gasteiger partial charge in [0.2, 0.25) is 6.29 Å². The molecular weight excluding hydrogens is 618 g/mol. The van der Waals surface area contributed by atoms with Crippen LogP contribution in [0.3, 0.4) is 0 Å². The fourth-order valence-electron chi connectivity index (χ4n) is 13.4. The van der Waals surface area contributed by atoms with Gasteiger partial charge in [-0.25, -0.2) is 0 Å². The molecule has 270 valence electrons. The van der Waals surface area contributed by atoms with E-state index in [1.54, 1.807) is 13.8 Å². The molecule has 5 saturated carbocycles. The highest BCUT2D eigenvalue weighted by molar-refractivity contribution is 5.80. The van der Waals surface area contributed by atoms with Crippen LogP contribution >= 0.6 is 0 Å². The maximum absolute atomic E-state index is 13.6. The molecule has 0 radical (unpaired) electrons. The van der Waals surface area contributed by atoms with Crippen LogP contribution in [0.1, 0.15) is 111 Å². The number of esters is 1. The van der Waals surface area contributed by atoms with Crippen LogP contribution in [-0.4, -0.2) is 71.3 Å². The van der Waals surface area contributed by atoms with Gasteiger partial charge in [-0.1, -0.05) is 51.1 Å². The van der Waals surface area contributed by atoms with Gasteiger partial charge in [0.1, 0.15) is 0 Å². The molecule has 2 saturated heterocycles. The topological polar surface area (TPSA) is 94.5 Å². The second kappa shape index (κ2) is 11.8. The third-order valence-corrected chi connectivity index (χ3v) is 15.5. The van der Waals surface area contributed by atoms with Crippen LogP contribution in [0.4, 0.5) is 0 Å².